The lowest BCUT2D eigenvalue weighted by molar-refractivity contribution is -0.145. The van der Waals surface area contributed by atoms with Gasteiger partial charge in [-0.05, 0) is 12.0 Å². The highest BCUT2D eigenvalue weighted by Crippen LogP contribution is 2.02. The molecule has 0 heterocycles. The lowest BCUT2D eigenvalue weighted by atomic mass is 10.1. The van der Waals surface area contributed by atoms with Gasteiger partial charge >= 0.3 is 12.1 Å². The molecule has 1 aromatic carbocycles. The van der Waals surface area contributed by atoms with Crippen molar-refractivity contribution in [3.63, 3.8) is 0 Å². The number of carbonyl (C=O) groups excluding carboxylic acids is 3. The third-order valence-corrected chi connectivity index (χ3v) is 3.27. The Morgan fingerprint density at radius 3 is 2.50 bits per heavy atom. The van der Waals surface area contributed by atoms with Crippen molar-refractivity contribution in [3.8, 4) is 0 Å². The van der Waals surface area contributed by atoms with Gasteiger partial charge in [0, 0.05) is 0 Å². The minimum atomic E-state index is -0.704. The molecule has 0 fully saturated rings. The van der Waals surface area contributed by atoms with Crippen LogP contribution < -0.4 is 10.6 Å². The quantitative estimate of drug-likeness (QED) is 0.670. The van der Waals surface area contributed by atoms with Crippen molar-refractivity contribution in [3.05, 3.63) is 35.9 Å². The molecule has 2 N–H and O–H groups in total. The molecule has 7 heteroatoms. The molecule has 132 valence electrons. The zero-order valence-electron chi connectivity index (χ0n) is 14.0. The summed E-state index contributed by atoms with van der Waals surface area (Å²) >= 11 is 0. The standard InChI is InChI=1S/C17H24N2O5/c1-3-4-10-14(16(21)23-2)19-15(20)11-18-17(22)24-12-13-8-6-5-7-9-13/h5-9,14H,3-4,10-12H2,1-2H3,(H,18,22)(H,19,20)/t14-/m1/s1. The first kappa shape index (κ1) is 19.5. The van der Waals surface area contributed by atoms with Crippen LogP contribution in [0, 0.1) is 0 Å². The van der Waals surface area contributed by atoms with Crippen molar-refractivity contribution in [1.29, 1.82) is 0 Å². The van der Waals surface area contributed by atoms with Crippen molar-refractivity contribution >= 4 is 18.0 Å². The van der Waals surface area contributed by atoms with E-state index in [0.29, 0.717) is 6.42 Å². The molecule has 1 rings (SSSR count). The molecule has 2 amide bonds. The molecule has 0 aliphatic heterocycles. The highest BCUT2D eigenvalue weighted by atomic mass is 16.5. The van der Waals surface area contributed by atoms with E-state index in [1.54, 1.807) is 0 Å². The number of rotatable bonds is 9. The number of esters is 1. The zero-order valence-corrected chi connectivity index (χ0v) is 14.0. The van der Waals surface area contributed by atoms with Crippen LogP contribution in [0.2, 0.25) is 0 Å². The topological polar surface area (TPSA) is 93.7 Å². The summed E-state index contributed by atoms with van der Waals surface area (Å²) < 4.78 is 9.65. The number of methoxy groups -OCH3 is 1. The van der Waals surface area contributed by atoms with Crippen LogP contribution in [0.25, 0.3) is 0 Å². The summed E-state index contributed by atoms with van der Waals surface area (Å²) in [6.07, 6.45) is 1.48. The van der Waals surface area contributed by atoms with Gasteiger partial charge in [0.05, 0.1) is 7.11 Å². The number of hydrogen-bond donors (Lipinski definition) is 2. The summed E-state index contributed by atoms with van der Waals surface area (Å²) in [5, 5.41) is 4.89. The molecule has 0 saturated carbocycles. The number of carbonyl (C=O) groups is 3. The van der Waals surface area contributed by atoms with Crippen molar-refractivity contribution < 1.29 is 23.9 Å². The molecule has 0 saturated heterocycles. The number of benzene rings is 1. The fraction of sp³-hybridized carbons (Fsp3) is 0.471. The Morgan fingerprint density at radius 2 is 1.88 bits per heavy atom. The van der Waals surface area contributed by atoms with Crippen molar-refractivity contribution in [2.45, 2.75) is 38.8 Å². The molecule has 1 atom stereocenters. The summed E-state index contributed by atoms with van der Waals surface area (Å²) in [6, 6.07) is 8.50. The molecular weight excluding hydrogens is 312 g/mol. The van der Waals surface area contributed by atoms with E-state index in [4.69, 9.17) is 4.74 Å². The van der Waals surface area contributed by atoms with Crippen molar-refractivity contribution in [1.82, 2.24) is 10.6 Å². The molecule has 24 heavy (non-hydrogen) atoms. The fourth-order valence-electron chi connectivity index (χ4n) is 1.97. The maximum Gasteiger partial charge on any atom is 0.407 e. The van der Waals surface area contributed by atoms with E-state index in [-0.39, 0.29) is 13.2 Å². The first-order valence-electron chi connectivity index (χ1n) is 7.88. The Morgan fingerprint density at radius 1 is 1.17 bits per heavy atom. The SMILES string of the molecule is CCCC[C@@H](NC(=O)CNC(=O)OCc1ccccc1)C(=O)OC. The van der Waals surface area contributed by atoms with E-state index in [0.717, 1.165) is 18.4 Å². The smallest absolute Gasteiger partial charge is 0.407 e. The van der Waals surface area contributed by atoms with Crippen molar-refractivity contribution in [2.75, 3.05) is 13.7 Å². The fourth-order valence-corrected chi connectivity index (χ4v) is 1.97. The van der Waals surface area contributed by atoms with Gasteiger partial charge in [0.25, 0.3) is 0 Å². The second-order valence-electron chi connectivity index (χ2n) is 5.20. The molecule has 0 bridgehead atoms. The summed E-state index contributed by atoms with van der Waals surface area (Å²) in [5.74, 6) is -0.971. The van der Waals surface area contributed by atoms with Crippen molar-refractivity contribution in [2.24, 2.45) is 0 Å². The van der Waals surface area contributed by atoms with Crippen LogP contribution in [0.4, 0.5) is 4.79 Å². The van der Waals surface area contributed by atoms with E-state index < -0.39 is 24.0 Å². The lowest BCUT2D eigenvalue weighted by Crippen LogP contribution is -2.46. The minimum absolute atomic E-state index is 0.121. The highest BCUT2D eigenvalue weighted by molar-refractivity contribution is 5.87. The molecule has 0 aromatic heterocycles. The van der Waals surface area contributed by atoms with Gasteiger partial charge in [-0.2, -0.15) is 0 Å². The number of hydrogen-bond acceptors (Lipinski definition) is 5. The monoisotopic (exact) mass is 336 g/mol. The number of ether oxygens (including phenoxy) is 2. The highest BCUT2D eigenvalue weighted by Gasteiger charge is 2.20. The van der Waals surface area contributed by atoms with Gasteiger partial charge in [-0.1, -0.05) is 50.1 Å². The Hall–Kier alpha value is -2.57. The van der Waals surface area contributed by atoms with E-state index in [1.807, 2.05) is 37.3 Å². The van der Waals surface area contributed by atoms with Crippen LogP contribution in [0.1, 0.15) is 31.7 Å². The van der Waals surface area contributed by atoms with Crippen LogP contribution in [0.15, 0.2) is 30.3 Å². The largest absolute Gasteiger partial charge is 0.467 e. The summed E-state index contributed by atoms with van der Waals surface area (Å²) in [4.78, 5) is 35.0. The maximum atomic E-state index is 11.8. The van der Waals surface area contributed by atoms with Gasteiger partial charge in [-0.25, -0.2) is 9.59 Å². The van der Waals surface area contributed by atoms with Gasteiger partial charge in [0.1, 0.15) is 19.2 Å². The van der Waals surface area contributed by atoms with Crippen LogP contribution >= 0.6 is 0 Å². The lowest BCUT2D eigenvalue weighted by Gasteiger charge is -2.16. The van der Waals surface area contributed by atoms with E-state index in [1.165, 1.54) is 7.11 Å². The number of nitrogens with one attached hydrogen (secondary N) is 2. The van der Waals surface area contributed by atoms with Gasteiger partial charge in [0.2, 0.25) is 5.91 Å². The second kappa shape index (κ2) is 11.0. The average Bonchev–Trinajstić information content (AvgIpc) is 2.61. The average molecular weight is 336 g/mol. The molecule has 0 unspecified atom stereocenters. The number of alkyl carbamates (subject to hydrolysis) is 1. The third kappa shape index (κ3) is 7.62. The van der Waals surface area contributed by atoms with E-state index in [2.05, 4.69) is 15.4 Å². The summed E-state index contributed by atoms with van der Waals surface area (Å²) in [5.41, 5.74) is 0.849. The maximum absolute atomic E-state index is 11.8. The zero-order chi connectivity index (χ0) is 17.8. The Kier molecular flexibility index (Phi) is 8.96. The first-order chi connectivity index (χ1) is 11.6. The van der Waals surface area contributed by atoms with Gasteiger partial charge in [0.15, 0.2) is 0 Å². The molecule has 0 aliphatic rings. The summed E-state index contributed by atoms with van der Waals surface area (Å²) in [7, 11) is 1.27. The van der Waals surface area contributed by atoms with Crippen LogP contribution in [-0.4, -0.2) is 37.7 Å². The van der Waals surface area contributed by atoms with Gasteiger partial charge in [-0.15, -0.1) is 0 Å². The Bertz CT molecular complexity index is 533. The van der Waals surface area contributed by atoms with Crippen LogP contribution in [0.5, 0.6) is 0 Å². The minimum Gasteiger partial charge on any atom is -0.467 e. The Labute approximate surface area is 141 Å². The number of amides is 2. The third-order valence-electron chi connectivity index (χ3n) is 3.27. The first-order valence-corrected chi connectivity index (χ1v) is 7.88. The van der Waals surface area contributed by atoms with E-state index in [9.17, 15) is 14.4 Å². The Balaban J connectivity index is 2.32. The molecule has 1 aromatic rings. The van der Waals surface area contributed by atoms with Crippen LogP contribution in [0.3, 0.4) is 0 Å². The normalized spacial score (nSPS) is 11.2. The second-order valence-corrected chi connectivity index (χ2v) is 5.20. The predicted molar refractivity (Wildman–Crippen MR) is 88.1 cm³/mol. The molecule has 0 radical (unpaired) electrons. The molecule has 0 aliphatic carbocycles. The summed E-state index contributed by atoms with van der Waals surface area (Å²) in [6.45, 7) is 1.84. The van der Waals surface area contributed by atoms with Crippen LogP contribution in [-0.2, 0) is 25.7 Å². The van der Waals surface area contributed by atoms with Gasteiger partial charge in [-0.3, -0.25) is 4.79 Å². The molecule has 7 nitrogen and oxygen atoms in total. The molecular formula is C17H24N2O5. The van der Waals surface area contributed by atoms with E-state index >= 15 is 0 Å². The van der Waals surface area contributed by atoms with Gasteiger partial charge < -0.3 is 20.1 Å². The molecule has 0 spiro atoms. The number of unbranched alkanes of at least 4 members (excludes halogenated alkanes) is 1. The predicted octanol–water partition coefficient (Wildman–Crippen LogP) is 1.76.